The molecular weight excluding hydrogens is 296 g/mol. The van der Waals surface area contributed by atoms with Crippen molar-refractivity contribution >= 4 is 5.91 Å². The molecule has 0 fully saturated rings. The van der Waals surface area contributed by atoms with Crippen molar-refractivity contribution in [2.24, 2.45) is 0 Å². The number of benzene rings is 1. The van der Waals surface area contributed by atoms with Crippen LogP contribution >= 0.6 is 0 Å². The van der Waals surface area contributed by atoms with Gasteiger partial charge < -0.3 is 9.84 Å². The Balaban J connectivity index is 1.62. The molecule has 118 valence electrons. The van der Waals surface area contributed by atoms with Gasteiger partial charge in [0.25, 0.3) is 5.91 Å². The van der Waals surface area contributed by atoms with Gasteiger partial charge >= 0.3 is 0 Å². The summed E-state index contributed by atoms with van der Waals surface area (Å²) in [5.41, 5.74) is 1.26. The Morgan fingerprint density at radius 2 is 2.13 bits per heavy atom. The molecule has 1 amide bonds. The first kappa shape index (κ1) is 14.9. The van der Waals surface area contributed by atoms with Gasteiger partial charge in [0.2, 0.25) is 5.89 Å². The predicted octanol–water partition coefficient (Wildman–Crippen LogP) is 1.51. The summed E-state index contributed by atoms with van der Waals surface area (Å²) < 4.78 is 6.60. The molecule has 1 unspecified atom stereocenters. The summed E-state index contributed by atoms with van der Waals surface area (Å²) in [6, 6.07) is 8.82. The van der Waals surface area contributed by atoms with Crippen LogP contribution in [0.1, 0.15) is 40.7 Å². The van der Waals surface area contributed by atoms with E-state index < -0.39 is 0 Å². The quantitative estimate of drug-likeness (QED) is 0.766. The van der Waals surface area contributed by atoms with E-state index in [4.69, 9.17) is 4.52 Å². The minimum absolute atomic E-state index is 0.151. The lowest BCUT2D eigenvalue weighted by Gasteiger charge is -2.05. The summed E-state index contributed by atoms with van der Waals surface area (Å²) in [6.07, 6.45) is 1.75. The maximum absolute atomic E-state index is 12.0. The van der Waals surface area contributed by atoms with Crippen LogP contribution in [0.2, 0.25) is 0 Å². The molecule has 0 saturated heterocycles. The van der Waals surface area contributed by atoms with E-state index in [1.165, 1.54) is 0 Å². The predicted molar refractivity (Wildman–Crippen MR) is 80.5 cm³/mol. The van der Waals surface area contributed by atoms with Gasteiger partial charge in [-0.1, -0.05) is 28.6 Å². The average Bonchev–Trinajstić information content (AvgIpc) is 3.22. The first-order valence-electron chi connectivity index (χ1n) is 7.17. The van der Waals surface area contributed by atoms with Crippen LogP contribution in [0.5, 0.6) is 0 Å². The van der Waals surface area contributed by atoms with Gasteiger partial charge in [-0.2, -0.15) is 4.98 Å². The van der Waals surface area contributed by atoms with Crippen molar-refractivity contribution in [1.82, 2.24) is 30.5 Å². The van der Waals surface area contributed by atoms with Crippen molar-refractivity contribution in [2.45, 2.75) is 26.4 Å². The van der Waals surface area contributed by atoms with Gasteiger partial charge in [0, 0.05) is 12.5 Å². The molecule has 1 N–H and O–H groups in total. The number of aryl methyl sites for hydroxylation is 1. The molecule has 3 rings (SSSR count). The molecule has 3 aromatic rings. The molecule has 0 aliphatic rings. The lowest BCUT2D eigenvalue weighted by Crippen LogP contribution is -2.22. The van der Waals surface area contributed by atoms with Crippen LogP contribution in [0.4, 0.5) is 0 Å². The van der Waals surface area contributed by atoms with E-state index in [2.05, 4.69) is 25.8 Å². The smallest absolute Gasteiger partial charge is 0.251 e. The van der Waals surface area contributed by atoms with Gasteiger partial charge in [0.05, 0.1) is 12.7 Å². The van der Waals surface area contributed by atoms with E-state index in [9.17, 15) is 4.79 Å². The second-order valence-corrected chi connectivity index (χ2v) is 5.09. The van der Waals surface area contributed by atoms with E-state index in [1.54, 1.807) is 29.9 Å². The number of hydrogen-bond acceptors (Lipinski definition) is 6. The molecule has 8 heteroatoms. The maximum atomic E-state index is 12.0. The fourth-order valence-corrected chi connectivity index (χ4v) is 2.05. The van der Waals surface area contributed by atoms with Crippen molar-refractivity contribution in [1.29, 1.82) is 0 Å². The van der Waals surface area contributed by atoms with E-state index in [1.807, 2.05) is 25.1 Å². The first-order valence-corrected chi connectivity index (χ1v) is 7.17. The molecule has 1 aromatic carbocycles. The third-order valence-electron chi connectivity index (χ3n) is 3.34. The van der Waals surface area contributed by atoms with Crippen LogP contribution in [0, 0.1) is 6.92 Å². The number of nitrogens with one attached hydrogen (secondary N) is 1. The number of nitrogens with zero attached hydrogens (tertiary/aromatic N) is 5. The van der Waals surface area contributed by atoms with Crippen molar-refractivity contribution in [3.8, 4) is 0 Å². The molecular formula is C15H16N6O2. The topological polar surface area (TPSA) is 98.7 Å². The van der Waals surface area contributed by atoms with E-state index in [0.29, 0.717) is 29.5 Å². The molecule has 23 heavy (non-hydrogen) atoms. The molecule has 0 aliphatic carbocycles. The molecule has 0 aliphatic heterocycles. The van der Waals surface area contributed by atoms with Crippen LogP contribution in [-0.4, -0.2) is 31.0 Å². The maximum Gasteiger partial charge on any atom is 0.251 e. The Hall–Kier alpha value is -3.03. The first-order chi connectivity index (χ1) is 11.1. The zero-order chi connectivity index (χ0) is 16.2. The number of aromatic nitrogens is 5. The highest BCUT2D eigenvalue weighted by Gasteiger charge is 2.16. The molecule has 0 spiro atoms. The van der Waals surface area contributed by atoms with Crippen molar-refractivity contribution in [2.75, 3.05) is 0 Å². The van der Waals surface area contributed by atoms with Gasteiger partial charge in [-0.25, -0.2) is 4.68 Å². The Morgan fingerprint density at radius 1 is 1.35 bits per heavy atom. The van der Waals surface area contributed by atoms with E-state index in [0.717, 1.165) is 0 Å². The number of amides is 1. The zero-order valence-corrected chi connectivity index (χ0v) is 12.8. The molecule has 0 saturated carbocycles. The number of rotatable bonds is 5. The lowest BCUT2D eigenvalue weighted by atomic mass is 10.2. The Bertz CT molecular complexity index is 795. The number of carbonyl (C=O) groups is 1. The standard InChI is InChI=1S/C15H16N6O2/c1-10(14-17-11(2)23-19-14)21-9-13(18-20-21)8-16-15(22)12-6-4-3-5-7-12/h3-7,9-10H,8H2,1-2H3,(H,16,22). The second-order valence-electron chi connectivity index (χ2n) is 5.09. The normalized spacial score (nSPS) is 12.1. The van der Waals surface area contributed by atoms with Crippen LogP contribution in [-0.2, 0) is 6.54 Å². The van der Waals surface area contributed by atoms with Gasteiger partial charge in [-0.3, -0.25) is 4.79 Å². The number of carbonyl (C=O) groups excluding carboxylic acids is 1. The van der Waals surface area contributed by atoms with Crippen LogP contribution in [0.15, 0.2) is 41.1 Å². The third-order valence-corrected chi connectivity index (χ3v) is 3.34. The largest absolute Gasteiger partial charge is 0.346 e. The summed E-state index contributed by atoms with van der Waals surface area (Å²) in [4.78, 5) is 16.2. The zero-order valence-electron chi connectivity index (χ0n) is 12.8. The van der Waals surface area contributed by atoms with Crippen molar-refractivity contribution < 1.29 is 9.32 Å². The van der Waals surface area contributed by atoms with Crippen LogP contribution < -0.4 is 5.32 Å². The Kier molecular flexibility index (Phi) is 4.13. The SMILES string of the molecule is Cc1nc(C(C)n2cc(CNC(=O)c3ccccc3)nn2)no1. The van der Waals surface area contributed by atoms with Gasteiger partial charge in [0.1, 0.15) is 11.7 Å². The summed E-state index contributed by atoms with van der Waals surface area (Å²) in [5, 5.41) is 14.8. The highest BCUT2D eigenvalue weighted by molar-refractivity contribution is 5.93. The summed E-state index contributed by atoms with van der Waals surface area (Å²) in [6.45, 7) is 3.92. The fraction of sp³-hybridized carbons (Fsp3) is 0.267. The van der Waals surface area contributed by atoms with E-state index in [-0.39, 0.29) is 11.9 Å². The average molecular weight is 312 g/mol. The summed E-state index contributed by atoms with van der Waals surface area (Å²) in [7, 11) is 0. The van der Waals surface area contributed by atoms with Gasteiger partial charge in [-0.15, -0.1) is 5.10 Å². The Labute approximate surface area is 132 Å². The minimum Gasteiger partial charge on any atom is -0.346 e. The van der Waals surface area contributed by atoms with Crippen LogP contribution in [0.3, 0.4) is 0 Å². The highest BCUT2D eigenvalue weighted by atomic mass is 16.5. The minimum atomic E-state index is -0.196. The monoisotopic (exact) mass is 312 g/mol. The van der Waals surface area contributed by atoms with Crippen molar-refractivity contribution in [3.05, 3.63) is 59.5 Å². The molecule has 8 nitrogen and oxygen atoms in total. The molecule has 2 heterocycles. The van der Waals surface area contributed by atoms with Crippen LogP contribution in [0.25, 0.3) is 0 Å². The molecule has 2 aromatic heterocycles. The summed E-state index contributed by atoms with van der Waals surface area (Å²) >= 11 is 0. The van der Waals surface area contributed by atoms with E-state index >= 15 is 0 Å². The molecule has 0 radical (unpaired) electrons. The second kappa shape index (κ2) is 6.39. The lowest BCUT2D eigenvalue weighted by molar-refractivity contribution is 0.0950. The highest BCUT2D eigenvalue weighted by Crippen LogP contribution is 2.13. The Morgan fingerprint density at radius 3 is 2.83 bits per heavy atom. The third kappa shape index (κ3) is 3.42. The molecule has 0 bridgehead atoms. The fourth-order valence-electron chi connectivity index (χ4n) is 2.05. The number of hydrogen-bond donors (Lipinski definition) is 1. The molecule has 1 atom stereocenters. The van der Waals surface area contributed by atoms with Crippen molar-refractivity contribution in [3.63, 3.8) is 0 Å². The van der Waals surface area contributed by atoms with Gasteiger partial charge in [0.15, 0.2) is 5.82 Å². The van der Waals surface area contributed by atoms with Gasteiger partial charge in [-0.05, 0) is 19.1 Å². The summed E-state index contributed by atoms with van der Waals surface area (Å²) in [5.74, 6) is 0.886.